The Labute approximate surface area is 112 Å². The molecule has 0 spiro atoms. The van der Waals surface area contributed by atoms with Crippen molar-refractivity contribution in [1.82, 2.24) is 0 Å². The second kappa shape index (κ2) is 5.44. The van der Waals surface area contributed by atoms with Crippen molar-refractivity contribution >= 4 is 17.0 Å². The van der Waals surface area contributed by atoms with E-state index < -0.39 is 0 Å². The second-order valence-corrected chi connectivity index (χ2v) is 5.76. The highest BCUT2D eigenvalue weighted by atomic mass is 32.1. The van der Waals surface area contributed by atoms with E-state index in [4.69, 9.17) is 10.5 Å². The molecule has 1 aromatic carbocycles. The van der Waals surface area contributed by atoms with Crippen LogP contribution in [0.25, 0.3) is 0 Å². The first-order valence-corrected chi connectivity index (χ1v) is 6.99. The molecule has 0 saturated heterocycles. The molecule has 0 radical (unpaired) electrons. The Morgan fingerprint density at radius 1 is 1.17 bits per heavy atom. The van der Waals surface area contributed by atoms with Gasteiger partial charge < -0.3 is 10.5 Å². The Morgan fingerprint density at radius 3 is 2.50 bits per heavy atom. The van der Waals surface area contributed by atoms with Crippen LogP contribution in [-0.4, -0.2) is 0 Å². The Hall–Kier alpha value is -1.48. The molecule has 0 unspecified atom stereocenters. The van der Waals surface area contributed by atoms with Gasteiger partial charge in [0.25, 0.3) is 0 Å². The van der Waals surface area contributed by atoms with Gasteiger partial charge in [-0.25, -0.2) is 0 Å². The number of benzene rings is 1. The Morgan fingerprint density at radius 2 is 1.89 bits per heavy atom. The van der Waals surface area contributed by atoms with Crippen molar-refractivity contribution < 1.29 is 4.74 Å². The van der Waals surface area contributed by atoms with Gasteiger partial charge in [-0.1, -0.05) is 13.0 Å². The highest BCUT2D eigenvalue weighted by Gasteiger charge is 2.07. The summed E-state index contributed by atoms with van der Waals surface area (Å²) in [4.78, 5) is 2.63. The van der Waals surface area contributed by atoms with Gasteiger partial charge in [0.15, 0.2) is 0 Å². The van der Waals surface area contributed by atoms with E-state index >= 15 is 0 Å². The summed E-state index contributed by atoms with van der Waals surface area (Å²) in [5.74, 6) is 0.812. The van der Waals surface area contributed by atoms with Crippen LogP contribution in [0.3, 0.4) is 0 Å². The van der Waals surface area contributed by atoms with Crippen molar-refractivity contribution in [1.29, 1.82) is 0 Å². The second-order valence-electron chi connectivity index (χ2n) is 4.51. The molecule has 18 heavy (non-hydrogen) atoms. The Bertz CT molecular complexity index is 522. The number of ether oxygens (including phenoxy) is 1. The van der Waals surface area contributed by atoms with Gasteiger partial charge in [-0.2, -0.15) is 0 Å². The van der Waals surface area contributed by atoms with E-state index in [-0.39, 0.29) is 0 Å². The lowest BCUT2D eigenvalue weighted by Gasteiger charge is -2.12. The number of nitrogens with two attached hydrogens (primary N) is 1. The van der Waals surface area contributed by atoms with E-state index in [0.717, 1.165) is 23.4 Å². The zero-order valence-corrected chi connectivity index (χ0v) is 11.9. The molecule has 0 aliphatic carbocycles. The normalized spacial score (nSPS) is 10.6. The lowest BCUT2D eigenvalue weighted by Crippen LogP contribution is -2.00. The molecule has 2 aromatic rings. The van der Waals surface area contributed by atoms with Crippen LogP contribution in [0.15, 0.2) is 24.3 Å². The van der Waals surface area contributed by atoms with Crippen LogP contribution in [0.2, 0.25) is 0 Å². The smallest absolute Gasteiger partial charge is 0.145 e. The predicted octanol–water partition coefficient (Wildman–Crippen LogP) is 4.09. The van der Waals surface area contributed by atoms with Gasteiger partial charge in [0.2, 0.25) is 0 Å². The molecule has 3 heteroatoms. The SMILES string of the molecule is CCc1ccc(COc2c(C)cc(C)cc2N)s1. The summed E-state index contributed by atoms with van der Waals surface area (Å²) in [5.41, 5.74) is 8.98. The lowest BCUT2D eigenvalue weighted by atomic mass is 10.1. The fourth-order valence-corrected chi connectivity index (χ4v) is 2.89. The highest BCUT2D eigenvalue weighted by molar-refractivity contribution is 7.11. The maximum Gasteiger partial charge on any atom is 0.145 e. The lowest BCUT2D eigenvalue weighted by molar-refractivity contribution is 0.309. The number of hydrogen-bond acceptors (Lipinski definition) is 3. The number of aryl methyl sites for hydroxylation is 3. The van der Waals surface area contributed by atoms with Gasteiger partial charge in [0, 0.05) is 9.75 Å². The first-order chi connectivity index (χ1) is 8.60. The van der Waals surface area contributed by atoms with Gasteiger partial charge in [-0.3, -0.25) is 0 Å². The summed E-state index contributed by atoms with van der Waals surface area (Å²) in [6.45, 7) is 6.84. The number of hydrogen-bond donors (Lipinski definition) is 1. The number of anilines is 1. The minimum atomic E-state index is 0.596. The largest absolute Gasteiger partial charge is 0.486 e. The summed E-state index contributed by atoms with van der Waals surface area (Å²) >= 11 is 1.80. The molecule has 0 aliphatic rings. The van der Waals surface area contributed by atoms with Crippen molar-refractivity contribution in [3.05, 3.63) is 45.1 Å². The molecular weight excluding hydrogens is 242 g/mol. The summed E-state index contributed by atoms with van der Waals surface area (Å²) in [6, 6.07) is 8.34. The van der Waals surface area contributed by atoms with Gasteiger partial charge in [0.05, 0.1) is 5.69 Å². The summed E-state index contributed by atoms with van der Waals surface area (Å²) < 4.78 is 5.85. The molecular formula is C15H19NOS. The predicted molar refractivity (Wildman–Crippen MR) is 78.4 cm³/mol. The van der Waals surface area contributed by atoms with Crippen LogP contribution in [-0.2, 0) is 13.0 Å². The number of thiophene rings is 1. The van der Waals surface area contributed by atoms with E-state index in [2.05, 4.69) is 25.1 Å². The van der Waals surface area contributed by atoms with Crippen molar-refractivity contribution in [2.75, 3.05) is 5.73 Å². The minimum Gasteiger partial charge on any atom is -0.486 e. The van der Waals surface area contributed by atoms with Crippen LogP contribution in [0, 0.1) is 13.8 Å². The molecule has 2 N–H and O–H groups in total. The number of nitrogen functional groups attached to an aromatic ring is 1. The summed E-state index contributed by atoms with van der Waals surface area (Å²) in [7, 11) is 0. The third-order valence-corrected chi connectivity index (χ3v) is 4.08. The quantitative estimate of drug-likeness (QED) is 0.841. The summed E-state index contributed by atoms with van der Waals surface area (Å²) in [6.07, 6.45) is 1.08. The zero-order valence-electron chi connectivity index (χ0n) is 11.1. The highest BCUT2D eigenvalue weighted by Crippen LogP contribution is 2.29. The topological polar surface area (TPSA) is 35.2 Å². The van der Waals surface area contributed by atoms with E-state index in [0.29, 0.717) is 6.61 Å². The molecule has 0 atom stereocenters. The molecule has 1 heterocycles. The van der Waals surface area contributed by atoms with E-state index in [1.807, 2.05) is 19.9 Å². The average Bonchev–Trinajstić information content (AvgIpc) is 2.75. The average molecular weight is 261 g/mol. The van der Waals surface area contributed by atoms with Crippen LogP contribution in [0.5, 0.6) is 5.75 Å². The maximum absolute atomic E-state index is 6.00. The molecule has 2 nitrogen and oxygen atoms in total. The van der Waals surface area contributed by atoms with Crippen molar-refractivity contribution in [2.24, 2.45) is 0 Å². The molecule has 2 rings (SSSR count). The monoisotopic (exact) mass is 261 g/mol. The van der Waals surface area contributed by atoms with E-state index in [1.54, 1.807) is 11.3 Å². The molecule has 0 fully saturated rings. The maximum atomic E-state index is 6.00. The third-order valence-electron chi connectivity index (χ3n) is 2.87. The van der Waals surface area contributed by atoms with Crippen molar-refractivity contribution in [2.45, 2.75) is 33.8 Å². The van der Waals surface area contributed by atoms with Crippen LogP contribution in [0.4, 0.5) is 5.69 Å². The van der Waals surface area contributed by atoms with Crippen molar-refractivity contribution in [3.8, 4) is 5.75 Å². The first-order valence-electron chi connectivity index (χ1n) is 6.17. The van der Waals surface area contributed by atoms with Gasteiger partial charge in [-0.15, -0.1) is 11.3 Å². The van der Waals surface area contributed by atoms with Crippen molar-refractivity contribution in [3.63, 3.8) is 0 Å². The fourth-order valence-electron chi connectivity index (χ4n) is 2.02. The van der Waals surface area contributed by atoms with Crippen LogP contribution >= 0.6 is 11.3 Å². The van der Waals surface area contributed by atoms with Gasteiger partial charge in [0.1, 0.15) is 12.4 Å². The molecule has 1 aromatic heterocycles. The van der Waals surface area contributed by atoms with E-state index in [1.165, 1.54) is 15.3 Å². The molecule has 0 saturated carbocycles. The van der Waals surface area contributed by atoms with Gasteiger partial charge >= 0.3 is 0 Å². The molecule has 0 bridgehead atoms. The van der Waals surface area contributed by atoms with Gasteiger partial charge in [-0.05, 0) is 49.6 Å². The third kappa shape index (κ3) is 2.85. The molecule has 96 valence electrons. The zero-order chi connectivity index (χ0) is 13.1. The summed E-state index contributed by atoms with van der Waals surface area (Å²) in [5, 5.41) is 0. The number of rotatable bonds is 4. The molecule has 0 aliphatic heterocycles. The van der Waals surface area contributed by atoms with Crippen LogP contribution < -0.4 is 10.5 Å². The first kappa shape index (κ1) is 13.0. The van der Waals surface area contributed by atoms with E-state index in [9.17, 15) is 0 Å². The Kier molecular flexibility index (Phi) is 3.92. The van der Waals surface area contributed by atoms with Crippen LogP contribution in [0.1, 0.15) is 27.8 Å². The minimum absolute atomic E-state index is 0.596. The molecule has 0 amide bonds. The standard InChI is InChI=1S/C15H19NOS/c1-4-12-5-6-13(18-12)9-17-15-11(3)7-10(2)8-14(15)16/h5-8H,4,9,16H2,1-3H3. The fraction of sp³-hybridized carbons (Fsp3) is 0.333. The Balaban J connectivity index is 2.10.